The number of hydrogen-bond acceptors (Lipinski definition) is 20. The third-order valence-corrected chi connectivity index (χ3v) is 30.4. The maximum absolute atomic E-state index is 12.5. The number of rotatable bonds is 21. The molecule has 0 N–H and O–H groups in total. The van der Waals surface area contributed by atoms with E-state index in [-0.39, 0.29) is 200 Å². The minimum atomic E-state index is -0.406. The number of carbonyl (C=O) groups excluding carboxylic acids is 10. The van der Waals surface area contributed by atoms with Crippen molar-refractivity contribution in [2.75, 3.05) is 6.61 Å². The molecule has 0 radical (unpaired) electrons. The van der Waals surface area contributed by atoms with Gasteiger partial charge in [0.1, 0.15) is 54.9 Å². The highest BCUT2D eigenvalue weighted by Crippen LogP contribution is 2.69. The molecule has 0 spiro atoms. The summed E-state index contributed by atoms with van der Waals surface area (Å²) in [6.07, 6.45) is 23.3. The van der Waals surface area contributed by atoms with Crippen molar-refractivity contribution in [2.45, 2.75) is 415 Å². The second kappa shape index (κ2) is 44.7. The summed E-state index contributed by atoms with van der Waals surface area (Å²) < 4.78 is 56.1. The molecule has 14 saturated carbocycles. The van der Waals surface area contributed by atoms with E-state index in [1.807, 2.05) is 104 Å². The van der Waals surface area contributed by atoms with E-state index < -0.39 is 16.2 Å². The van der Waals surface area contributed by atoms with Gasteiger partial charge in [-0.3, -0.25) is 47.9 Å². The van der Waals surface area contributed by atoms with Crippen molar-refractivity contribution >= 4 is 59.7 Å². The number of ether oxygens (including phenoxy) is 10. The highest BCUT2D eigenvalue weighted by Gasteiger charge is 2.67. The van der Waals surface area contributed by atoms with E-state index in [1.54, 1.807) is 0 Å². The van der Waals surface area contributed by atoms with Gasteiger partial charge < -0.3 is 47.4 Å². The van der Waals surface area contributed by atoms with Gasteiger partial charge in [0.15, 0.2) is 0 Å². The molecule has 20 nitrogen and oxygen atoms in total. The first-order chi connectivity index (χ1) is 50.1. The van der Waals surface area contributed by atoms with Crippen molar-refractivity contribution in [3.8, 4) is 0 Å². The lowest BCUT2D eigenvalue weighted by Gasteiger charge is -2.41. The van der Waals surface area contributed by atoms with E-state index in [4.69, 9.17) is 47.4 Å². The summed E-state index contributed by atoms with van der Waals surface area (Å²) in [4.78, 5) is 117. The SMILES string of the molecule is C.C.C.C.C.C.C.C.C.C.CCC(C)(C)C(=O)OC1CC2CC1C1C3CC(OC(C)=O)C(C3)C21.CCC(C)(C)C(=O)OC1CC2CC1C1CC(OC(C)=O)CC21.CCC(C)(C)C(=O)OC1CC2CC1CC2COC(C)=O.CCC(C)(C)C(=O)OC1CC2CC1CC2OC(C)=O.CCC(C)(C)C(=O)OC1CCC2C3CC(CC3OC(C)=O)C12. The lowest BCUT2D eigenvalue weighted by atomic mass is 9.69. The summed E-state index contributed by atoms with van der Waals surface area (Å²) in [6.45, 7) is 37.5. The molecule has 117 heavy (non-hydrogen) atoms. The molecular formula is C97H176O20. The summed E-state index contributed by atoms with van der Waals surface area (Å²) >= 11 is 0. The smallest absolute Gasteiger partial charge is 0.311 e. The Labute approximate surface area is 713 Å². The zero-order valence-electron chi connectivity index (χ0n) is 68.8. The number of fused-ring (bicyclic) bond motifs is 23. The molecule has 684 valence electrons. The summed E-state index contributed by atoms with van der Waals surface area (Å²) in [7, 11) is 0. The van der Waals surface area contributed by atoms with Gasteiger partial charge in [0, 0.05) is 40.5 Å². The molecule has 12 bridgehead atoms. The average Bonchev–Trinajstić information content (AvgIpc) is 1.54. The number of carbonyl (C=O) groups is 10. The van der Waals surface area contributed by atoms with E-state index in [0.717, 1.165) is 128 Å². The second-order valence-electron chi connectivity index (χ2n) is 39.0. The van der Waals surface area contributed by atoms with Crippen LogP contribution in [0.3, 0.4) is 0 Å². The van der Waals surface area contributed by atoms with Crippen LogP contribution in [0.4, 0.5) is 0 Å². The molecule has 28 atom stereocenters. The molecule has 0 aliphatic heterocycles. The molecule has 0 aromatic rings. The van der Waals surface area contributed by atoms with Gasteiger partial charge in [-0.15, -0.1) is 0 Å². The molecule has 14 fully saturated rings. The third-order valence-electron chi connectivity index (χ3n) is 30.4. The van der Waals surface area contributed by atoms with Crippen LogP contribution in [-0.4, -0.2) is 121 Å². The fourth-order valence-electron chi connectivity index (χ4n) is 22.7. The zero-order chi connectivity index (χ0) is 78.5. The summed E-state index contributed by atoms with van der Waals surface area (Å²) in [5.74, 6) is 9.30. The van der Waals surface area contributed by atoms with Gasteiger partial charge in [-0.05, 0) is 323 Å². The predicted octanol–water partition coefficient (Wildman–Crippen LogP) is 22.2. The minimum absolute atomic E-state index is 0. The summed E-state index contributed by atoms with van der Waals surface area (Å²) in [5.41, 5.74) is -1.96. The van der Waals surface area contributed by atoms with Crippen molar-refractivity contribution < 1.29 is 95.3 Å². The van der Waals surface area contributed by atoms with Gasteiger partial charge in [0.25, 0.3) is 0 Å². The molecule has 0 aromatic carbocycles. The van der Waals surface area contributed by atoms with Gasteiger partial charge in [-0.1, -0.05) is 109 Å². The van der Waals surface area contributed by atoms with Crippen molar-refractivity contribution in [2.24, 2.45) is 140 Å². The van der Waals surface area contributed by atoms with Crippen LogP contribution >= 0.6 is 0 Å². The molecule has 20 heteroatoms. The van der Waals surface area contributed by atoms with Gasteiger partial charge in [0.2, 0.25) is 0 Å². The van der Waals surface area contributed by atoms with Crippen molar-refractivity contribution in [1.29, 1.82) is 0 Å². The van der Waals surface area contributed by atoms with Crippen molar-refractivity contribution in [1.82, 2.24) is 0 Å². The minimum Gasteiger partial charge on any atom is -0.466 e. The maximum atomic E-state index is 12.5. The van der Waals surface area contributed by atoms with Gasteiger partial charge in [-0.25, -0.2) is 0 Å². The lowest BCUT2D eigenvalue weighted by Crippen LogP contribution is -2.43. The highest BCUT2D eigenvalue weighted by molar-refractivity contribution is 5.78. The Morgan fingerprint density at radius 2 is 0.521 bits per heavy atom. The molecule has 0 aromatic heterocycles. The Morgan fingerprint density at radius 1 is 0.239 bits per heavy atom. The van der Waals surface area contributed by atoms with Crippen LogP contribution in [-0.2, 0) is 95.3 Å². The van der Waals surface area contributed by atoms with Crippen LogP contribution in [0.5, 0.6) is 0 Å². The van der Waals surface area contributed by atoms with E-state index in [2.05, 4.69) is 0 Å². The standard InChI is InChI=1S/C20H30O4.2C18H28O4.C16H26O4.C15H24O4.10CH4/c1-5-20(3,4)19(22)24-16-9-12-7-14(16)18-11-6-13(17(12)18)15(8-11)23-10(2)21;1-5-18(3,4)17(20)22-16-7-11-6-15(16)14-9-12(8-13(11)14)21-10(2)19;1-5-18(3,4)17(20)22-14-7-6-12-13-8-11(16(12)14)9-15(13)21-10(2)19;1-5-16(3,4)15(18)20-14-8-11-6-12(14)7-13(11)9-19-10(2)17;1-5-15(3,4)14(17)19-13-8-10-6-11(13)7-12(10)18-9(2)16;;;;;;;;;;/h11-18H,5-9H2,1-4H3;2*11-16H,5-9H2,1-4H3;11-14H,5-9H2,1-4H3;10-13H,5-8H2,1-4H3;10*1H4. The number of hydrogen-bond donors (Lipinski definition) is 0. The molecule has 28 unspecified atom stereocenters. The first kappa shape index (κ1) is 112. The van der Waals surface area contributed by atoms with Crippen LogP contribution < -0.4 is 0 Å². The second-order valence-corrected chi connectivity index (χ2v) is 39.0. The normalized spacial score (nSPS) is 35.1. The van der Waals surface area contributed by atoms with Crippen LogP contribution in [0.15, 0.2) is 0 Å². The first-order valence-electron chi connectivity index (χ1n) is 42.0. The molecule has 0 amide bonds. The van der Waals surface area contributed by atoms with E-state index in [0.29, 0.717) is 119 Å². The van der Waals surface area contributed by atoms with Crippen LogP contribution in [0.25, 0.3) is 0 Å². The quantitative estimate of drug-likeness (QED) is 0.0587. The predicted molar refractivity (Wildman–Crippen MR) is 465 cm³/mol. The average molecular weight is 1660 g/mol. The first-order valence-corrected chi connectivity index (χ1v) is 42.0. The van der Waals surface area contributed by atoms with E-state index >= 15 is 0 Å². The van der Waals surface area contributed by atoms with Gasteiger partial charge in [-0.2, -0.15) is 0 Å². The molecular weight excluding hydrogens is 1490 g/mol. The molecule has 0 heterocycles. The monoisotopic (exact) mass is 1660 g/mol. The third kappa shape index (κ3) is 24.8. The highest BCUT2D eigenvalue weighted by atomic mass is 16.6. The Morgan fingerprint density at radius 3 is 0.897 bits per heavy atom. The van der Waals surface area contributed by atoms with Crippen molar-refractivity contribution in [3.05, 3.63) is 0 Å². The van der Waals surface area contributed by atoms with Crippen molar-refractivity contribution in [3.63, 3.8) is 0 Å². The van der Waals surface area contributed by atoms with Crippen LogP contribution in [0, 0.1) is 140 Å². The molecule has 14 aliphatic rings. The Kier molecular flexibility index (Phi) is 42.6. The van der Waals surface area contributed by atoms with Gasteiger partial charge >= 0.3 is 59.7 Å². The van der Waals surface area contributed by atoms with E-state index in [9.17, 15) is 47.9 Å². The Hall–Kier alpha value is -5.30. The fraction of sp³-hybridized carbons (Fsp3) is 0.897. The van der Waals surface area contributed by atoms with Crippen LogP contribution in [0.2, 0.25) is 0 Å². The summed E-state index contributed by atoms with van der Waals surface area (Å²) in [6, 6.07) is 0. The molecule has 14 rings (SSSR count). The largest absolute Gasteiger partial charge is 0.466 e. The Balaban J connectivity index is 0.00000141. The topological polar surface area (TPSA) is 263 Å². The molecule has 0 saturated heterocycles. The number of esters is 10. The summed E-state index contributed by atoms with van der Waals surface area (Å²) in [5, 5.41) is 0. The lowest BCUT2D eigenvalue weighted by molar-refractivity contribution is -0.167. The fourth-order valence-corrected chi connectivity index (χ4v) is 22.7. The molecule has 14 aliphatic carbocycles. The van der Waals surface area contributed by atoms with Crippen LogP contribution in [0.1, 0.15) is 360 Å². The maximum Gasteiger partial charge on any atom is 0.311 e. The van der Waals surface area contributed by atoms with Gasteiger partial charge in [0.05, 0.1) is 33.7 Å². The van der Waals surface area contributed by atoms with E-state index in [1.165, 1.54) is 53.9 Å². The Bertz CT molecular complexity index is 3220. The zero-order valence-corrected chi connectivity index (χ0v) is 68.8.